The minimum atomic E-state index is 0.194. The summed E-state index contributed by atoms with van der Waals surface area (Å²) in [6.45, 7) is 1.69. The third kappa shape index (κ3) is 2.04. The highest BCUT2D eigenvalue weighted by Crippen LogP contribution is 2.16. The molecule has 2 aromatic rings. The van der Waals surface area contributed by atoms with Crippen LogP contribution in [0.25, 0.3) is 5.65 Å². The summed E-state index contributed by atoms with van der Waals surface area (Å²) < 4.78 is 1.59. The molecule has 80 valence electrons. The number of rotatable bonds is 0. The van der Waals surface area contributed by atoms with Crippen LogP contribution in [0.1, 0.15) is 11.3 Å². The number of hydrogen-bond acceptors (Lipinski definition) is 4. The van der Waals surface area contributed by atoms with Crippen LogP contribution in [0.2, 0.25) is 0 Å². The van der Waals surface area contributed by atoms with E-state index in [1.54, 1.807) is 17.0 Å². The molecule has 0 aromatic carbocycles. The number of halogens is 2. The van der Waals surface area contributed by atoms with Gasteiger partial charge in [-0.2, -0.15) is 10.2 Å². The lowest BCUT2D eigenvalue weighted by atomic mass is 10.3. The number of fused-ring (bicyclic) bond motifs is 3. The molecular formula is C8H9Cl2N5. The monoisotopic (exact) mass is 245 g/mol. The van der Waals surface area contributed by atoms with E-state index >= 15 is 0 Å². The van der Waals surface area contributed by atoms with Crippen molar-refractivity contribution in [2.45, 2.75) is 13.1 Å². The molecule has 0 spiro atoms. The van der Waals surface area contributed by atoms with Crippen molar-refractivity contribution in [2.75, 3.05) is 5.34 Å². The molecule has 0 bridgehead atoms. The van der Waals surface area contributed by atoms with Crippen molar-refractivity contribution in [3.8, 4) is 0 Å². The Bertz CT molecular complexity index is 455. The number of hydrogen-bond donors (Lipinski definition) is 1. The Morgan fingerprint density at radius 1 is 1.33 bits per heavy atom. The maximum atomic E-state index is 4.76. The van der Waals surface area contributed by atoms with E-state index in [0.717, 1.165) is 24.4 Å². The smallest absolute Gasteiger partial charge is 0.180 e. The zero-order valence-corrected chi connectivity index (χ0v) is 9.33. The van der Waals surface area contributed by atoms with Gasteiger partial charge in [0, 0.05) is 24.8 Å². The molecule has 1 aliphatic heterocycles. The van der Waals surface area contributed by atoms with E-state index in [4.69, 9.17) is 23.2 Å². The van der Waals surface area contributed by atoms with Crippen molar-refractivity contribution in [1.29, 1.82) is 0 Å². The van der Waals surface area contributed by atoms with Crippen LogP contribution in [0.15, 0.2) is 12.4 Å². The summed E-state index contributed by atoms with van der Waals surface area (Å²) in [5.74, 6) is 0. The average molecular weight is 246 g/mol. The van der Waals surface area contributed by atoms with E-state index in [1.807, 2.05) is 0 Å². The van der Waals surface area contributed by atoms with Gasteiger partial charge in [0.25, 0.3) is 0 Å². The second kappa shape index (κ2) is 4.74. The Balaban J connectivity index is 0.000000258. The van der Waals surface area contributed by atoms with Gasteiger partial charge >= 0.3 is 0 Å². The molecular weight excluding hydrogens is 237 g/mol. The highest BCUT2D eigenvalue weighted by molar-refractivity contribution is 6.40. The van der Waals surface area contributed by atoms with Gasteiger partial charge < -0.3 is 5.32 Å². The summed E-state index contributed by atoms with van der Waals surface area (Å²) >= 11 is 9.53. The summed E-state index contributed by atoms with van der Waals surface area (Å²) in [5, 5.41) is 11.7. The summed E-state index contributed by atoms with van der Waals surface area (Å²) in [6.07, 6.45) is 3.33. The predicted molar refractivity (Wildman–Crippen MR) is 57.9 cm³/mol. The van der Waals surface area contributed by atoms with Crippen LogP contribution in [0.3, 0.4) is 0 Å². The topological polar surface area (TPSA) is 55.1 Å². The van der Waals surface area contributed by atoms with E-state index in [9.17, 15) is 0 Å². The van der Waals surface area contributed by atoms with Gasteiger partial charge in [0.15, 0.2) is 5.65 Å². The molecule has 3 rings (SSSR count). The molecule has 0 aliphatic carbocycles. The van der Waals surface area contributed by atoms with Gasteiger partial charge in [-0.15, -0.1) is 27.8 Å². The summed E-state index contributed by atoms with van der Waals surface area (Å²) in [7, 11) is 0. The summed E-state index contributed by atoms with van der Waals surface area (Å²) in [4.78, 5) is 4.21. The lowest BCUT2D eigenvalue weighted by molar-refractivity contribution is 0.702. The highest BCUT2D eigenvalue weighted by Gasteiger charge is 2.18. The molecule has 0 amide bonds. The van der Waals surface area contributed by atoms with E-state index in [1.165, 1.54) is 5.56 Å². The van der Waals surface area contributed by atoms with Crippen molar-refractivity contribution >= 4 is 28.8 Å². The quantitative estimate of drug-likeness (QED) is 0.708. The van der Waals surface area contributed by atoms with Crippen molar-refractivity contribution in [3.05, 3.63) is 23.7 Å². The predicted octanol–water partition coefficient (Wildman–Crippen LogP) is 1.15. The van der Waals surface area contributed by atoms with Crippen LogP contribution in [0.4, 0.5) is 0 Å². The standard InChI is InChI=1S/C7H7N5.CH2Cl2/c1-2-10-12-7(9-1)5-3-8-4-6(5)11-12;2-1-3/h1-2,8H,3-4H2;1H2. The van der Waals surface area contributed by atoms with Crippen LogP contribution < -0.4 is 5.32 Å². The second-order valence-corrected chi connectivity index (χ2v) is 3.69. The molecule has 0 fully saturated rings. The molecule has 0 radical (unpaired) electrons. The summed E-state index contributed by atoms with van der Waals surface area (Å²) in [5.41, 5.74) is 3.13. The molecule has 0 unspecified atom stereocenters. The van der Waals surface area contributed by atoms with Crippen molar-refractivity contribution < 1.29 is 0 Å². The van der Waals surface area contributed by atoms with Gasteiger partial charge in [-0.25, -0.2) is 4.98 Å². The van der Waals surface area contributed by atoms with E-state index in [2.05, 4.69) is 20.5 Å². The molecule has 0 saturated carbocycles. The van der Waals surface area contributed by atoms with Crippen LogP contribution in [0.5, 0.6) is 0 Å². The average Bonchev–Trinajstić information content (AvgIpc) is 2.78. The third-order valence-corrected chi connectivity index (χ3v) is 2.06. The maximum absolute atomic E-state index is 4.76. The Hall–Kier alpha value is -0.910. The first-order valence-corrected chi connectivity index (χ1v) is 5.44. The third-order valence-electron chi connectivity index (χ3n) is 2.06. The van der Waals surface area contributed by atoms with Crippen molar-refractivity contribution in [2.24, 2.45) is 0 Å². The largest absolute Gasteiger partial charge is 0.307 e. The van der Waals surface area contributed by atoms with E-state index in [0.29, 0.717) is 0 Å². The van der Waals surface area contributed by atoms with Crippen LogP contribution in [-0.4, -0.2) is 25.2 Å². The van der Waals surface area contributed by atoms with Crippen LogP contribution in [-0.2, 0) is 13.1 Å². The fourth-order valence-corrected chi connectivity index (χ4v) is 1.51. The molecule has 15 heavy (non-hydrogen) atoms. The van der Waals surface area contributed by atoms with Gasteiger partial charge in [-0.1, -0.05) is 0 Å². The van der Waals surface area contributed by atoms with Crippen molar-refractivity contribution in [1.82, 2.24) is 25.1 Å². The molecule has 1 aliphatic rings. The van der Waals surface area contributed by atoms with Crippen molar-refractivity contribution in [3.63, 3.8) is 0 Å². The number of nitrogens with one attached hydrogen (secondary N) is 1. The normalized spacial score (nSPS) is 13.5. The van der Waals surface area contributed by atoms with Gasteiger partial charge in [-0.3, -0.25) is 0 Å². The van der Waals surface area contributed by atoms with E-state index in [-0.39, 0.29) is 5.34 Å². The Kier molecular flexibility index (Phi) is 3.35. The van der Waals surface area contributed by atoms with Gasteiger partial charge in [0.2, 0.25) is 0 Å². The molecule has 0 saturated heterocycles. The molecule has 1 N–H and O–H groups in total. The first-order chi connectivity index (χ1) is 7.36. The van der Waals surface area contributed by atoms with Crippen LogP contribution in [0, 0.1) is 0 Å². The minimum absolute atomic E-state index is 0.194. The molecule has 3 heterocycles. The van der Waals surface area contributed by atoms with Gasteiger partial charge in [0.05, 0.1) is 17.2 Å². The lowest BCUT2D eigenvalue weighted by Crippen LogP contribution is -2.05. The number of nitrogens with zero attached hydrogens (tertiary/aromatic N) is 4. The fourth-order valence-electron chi connectivity index (χ4n) is 1.51. The fraction of sp³-hybridized carbons (Fsp3) is 0.375. The van der Waals surface area contributed by atoms with E-state index < -0.39 is 0 Å². The van der Waals surface area contributed by atoms with Crippen LogP contribution >= 0.6 is 23.2 Å². The molecule has 7 heteroatoms. The lowest BCUT2D eigenvalue weighted by Gasteiger charge is -1.91. The highest BCUT2D eigenvalue weighted by atomic mass is 35.5. The Morgan fingerprint density at radius 3 is 2.93 bits per heavy atom. The molecule has 0 atom stereocenters. The Labute approximate surface area is 96.4 Å². The summed E-state index contributed by atoms with van der Waals surface area (Å²) in [6, 6.07) is 0. The Morgan fingerprint density at radius 2 is 2.13 bits per heavy atom. The zero-order valence-electron chi connectivity index (χ0n) is 7.82. The second-order valence-electron chi connectivity index (χ2n) is 2.89. The maximum Gasteiger partial charge on any atom is 0.180 e. The zero-order chi connectivity index (χ0) is 10.7. The number of alkyl halides is 2. The first kappa shape index (κ1) is 10.6. The minimum Gasteiger partial charge on any atom is -0.307 e. The molecule has 5 nitrogen and oxygen atoms in total. The number of aromatic nitrogens is 4. The SMILES string of the molecule is ClCCl.c1cnn2nc3c(c2n1)CNC3. The van der Waals surface area contributed by atoms with Gasteiger partial charge in [-0.05, 0) is 0 Å². The van der Waals surface area contributed by atoms with Gasteiger partial charge in [0.1, 0.15) is 0 Å². The molecule has 2 aromatic heterocycles. The first-order valence-electron chi connectivity index (χ1n) is 4.37.